The molecule has 1 amide bonds. The largest absolute Gasteiger partial charge is 0.323 e. The van der Waals surface area contributed by atoms with Crippen molar-refractivity contribution in [2.45, 2.75) is 6.54 Å². The highest BCUT2D eigenvalue weighted by atomic mass is 35.5. The summed E-state index contributed by atoms with van der Waals surface area (Å²) in [7, 11) is 0. The van der Waals surface area contributed by atoms with E-state index in [0.717, 1.165) is 4.88 Å². The zero-order valence-electron chi connectivity index (χ0n) is 12.2. The molecule has 0 spiro atoms. The van der Waals surface area contributed by atoms with Crippen molar-refractivity contribution in [3.05, 3.63) is 68.5 Å². The summed E-state index contributed by atoms with van der Waals surface area (Å²) in [6.07, 6.45) is 1.36. The molecule has 8 heteroatoms. The van der Waals surface area contributed by atoms with E-state index in [-0.39, 0.29) is 12.1 Å². The highest BCUT2D eigenvalue weighted by Gasteiger charge is 2.10. The van der Waals surface area contributed by atoms with Gasteiger partial charge < -0.3 is 5.32 Å². The molecule has 0 unspecified atom stereocenters. The summed E-state index contributed by atoms with van der Waals surface area (Å²) < 4.78 is 1.23. The molecule has 122 valence electrons. The number of rotatable bonds is 4. The number of anilines is 1. The molecule has 3 aromatic rings. The fourth-order valence-corrected chi connectivity index (χ4v) is 3.07. The van der Waals surface area contributed by atoms with Crippen LogP contribution in [0.2, 0.25) is 10.0 Å². The first-order valence-electron chi connectivity index (χ1n) is 6.88. The number of amides is 1. The van der Waals surface area contributed by atoms with Gasteiger partial charge in [0.25, 0.3) is 5.56 Å². The van der Waals surface area contributed by atoms with Crippen molar-refractivity contribution in [2.24, 2.45) is 0 Å². The Bertz CT molecular complexity index is 939. The van der Waals surface area contributed by atoms with Gasteiger partial charge in [0.05, 0.1) is 27.6 Å². The van der Waals surface area contributed by atoms with Crippen LogP contribution in [0.3, 0.4) is 0 Å². The van der Waals surface area contributed by atoms with E-state index in [9.17, 15) is 9.59 Å². The minimum atomic E-state index is -0.396. The fraction of sp³-hybridized carbons (Fsp3) is 0.0625. The Labute approximate surface area is 151 Å². The van der Waals surface area contributed by atoms with Crippen LogP contribution in [-0.4, -0.2) is 15.5 Å². The predicted octanol–water partition coefficient (Wildman–Crippen LogP) is 3.92. The molecule has 0 aliphatic rings. The number of thiophene rings is 1. The Kier molecular flexibility index (Phi) is 4.99. The number of aromatic nitrogens is 2. The maximum absolute atomic E-state index is 12.1. The zero-order valence-corrected chi connectivity index (χ0v) is 14.5. The molecule has 0 atom stereocenters. The third kappa shape index (κ3) is 3.84. The summed E-state index contributed by atoms with van der Waals surface area (Å²) >= 11 is 13.4. The molecule has 3 rings (SSSR count). The molecule has 0 aliphatic carbocycles. The Morgan fingerprint density at radius 3 is 2.79 bits per heavy atom. The van der Waals surface area contributed by atoms with Crippen molar-refractivity contribution in [3.8, 4) is 10.6 Å². The van der Waals surface area contributed by atoms with Gasteiger partial charge in [-0.2, -0.15) is 0 Å². The second-order valence-corrected chi connectivity index (χ2v) is 6.68. The minimum absolute atomic E-state index is 0.167. The predicted molar refractivity (Wildman–Crippen MR) is 96.9 cm³/mol. The van der Waals surface area contributed by atoms with E-state index < -0.39 is 5.91 Å². The lowest BCUT2D eigenvalue weighted by Crippen LogP contribution is -2.27. The fourth-order valence-electron chi connectivity index (χ4n) is 2.04. The van der Waals surface area contributed by atoms with Gasteiger partial charge in [-0.1, -0.05) is 29.3 Å². The van der Waals surface area contributed by atoms with Crippen molar-refractivity contribution in [2.75, 3.05) is 5.32 Å². The molecule has 2 aromatic heterocycles. The number of carbonyl (C=O) groups excluding carboxylic acids is 1. The Balaban J connectivity index is 1.75. The van der Waals surface area contributed by atoms with Gasteiger partial charge in [0, 0.05) is 11.1 Å². The highest BCUT2D eigenvalue weighted by Crippen LogP contribution is 2.25. The molecular formula is C16H11Cl2N3O2S. The number of benzene rings is 1. The lowest BCUT2D eigenvalue weighted by atomic mass is 10.3. The SMILES string of the molecule is O=C(Cn1cnc(-c2cccs2)cc1=O)Nc1cc(Cl)ccc1Cl. The number of hydrogen-bond acceptors (Lipinski definition) is 4. The van der Waals surface area contributed by atoms with Crippen molar-refractivity contribution in [1.82, 2.24) is 9.55 Å². The molecule has 0 radical (unpaired) electrons. The van der Waals surface area contributed by atoms with E-state index in [0.29, 0.717) is 21.4 Å². The third-order valence-corrected chi connectivity index (χ3v) is 4.63. The maximum Gasteiger partial charge on any atom is 0.254 e. The molecule has 1 N–H and O–H groups in total. The molecule has 0 aliphatic heterocycles. The van der Waals surface area contributed by atoms with Gasteiger partial charge in [-0.15, -0.1) is 11.3 Å². The Morgan fingerprint density at radius 1 is 1.25 bits per heavy atom. The van der Waals surface area contributed by atoms with E-state index in [1.165, 1.54) is 28.3 Å². The first-order valence-corrected chi connectivity index (χ1v) is 8.52. The van der Waals surface area contributed by atoms with Gasteiger partial charge in [-0.3, -0.25) is 14.2 Å². The average Bonchev–Trinajstić information content (AvgIpc) is 3.07. The first kappa shape index (κ1) is 16.7. The minimum Gasteiger partial charge on any atom is -0.323 e. The number of halogens is 2. The van der Waals surface area contributed by atoms with Crippen molar-refractivity contribution in [3.63, 3.8) is 0 Å². The molecule has 0 saturated carbocycles. The van der Waals surface area contributed by atoms with Gasteiger partial charge >= 0.3 is 0 Å². The van der Waals surface area contributed by atoms with Crippen LogP contribution in [0.5, 0.6) is 0 Å². The monoisotopic (exact) mass is 379 g/mol. The van der Waals surface area contributed by atoms with Crippen LogP contribution < -0.4 is 10.9 Å². The third-order valence-electron chi connectivity index (χ3n) is 3.17. The normalized spacial score (nSPS) is 10.6. The lowest BCUT2D eigenvalue weighted by Gasteiger charge is -2.09. The van der Waals surface area contributed by atoms with Gasteiger partial charge in [0.15, 0.2) is 0 Å². The topological polar surface area (TPSA) is 64.0 Å². The van der Waals surface area contributed by atoms with Crippen LogP contribution in [0, 0.1) is 0 Å². The quantitative estimate of drug-likeness (QED) is 0.746. The highest BCUT2D eigenvalue weighted by molar-refractivity contribution is 7.13. The maximum atomic E-state index is 12.1. The number of nitrogens with one attached hydrogen (secondary N) is 1. The standard InChI is InChI=1S/C16H11Cl2N3O2S/c17-10-3-4-11(18)12(6-10)20-15(22)8-21-9-19-13(7-16(21)23)14-2-1-5-24-14/h1-7,9H,8H2,(H,20,22). The molecule has 1 aromatic carbocycles. The van der Waals surface area contributed by atoms with Gasteiger partial charge in [-0.25, -0.2) is 4.98 Å². The van der Waals surface area contributed by atoms with E-state index in [1.54, 1.807) is 18.2 Å². The molecule has 0 saturated heterocycles. The van der Waals surface area contributed by atoms with Crippen LogP contribution in [0.15, 0.2) is 52.9 Å². The summed E-state index contributed by atoms with van der Waals surface area (Å²) in [5.74, 6) is -0.396. The van der Waals surface area contributed by atoms with E-state index in [2.05, 4.69) is 10.3 Å². The number of carbonyl (C=O) groups is 1. The van der Waals surface area contributed by atoms with Crippen LogP contribution in [0.25, 0.3) is 10.6 Å². The van der Waals surface area contributed by atoms with Crippen molar-refractivity contribution in [1.29, 1.82) is 0 Å². The lowest BCUT2D eigenvalue weighted by molar-refractivity contribution is -0.116. The molecular weight excluding hydrogens is 369 g/mol. The smallest absolute Gasteiger partial charge is 0.254 e. The Hall–Kier alpha value is -2.15. The van der Waals surface area contributed by atoms with E-state index >= 15 is 0 Å². The van der Waals surface area contributed by atoms with Gasteiger partial charge in [-0.05, 0) is 29.6 Å². The van der Waals surface area contributed by atoms with Crippen LogP contribution in [-0.2, 0) is 11.3 Å². The summed E-state index contributed by atoms with van der Waals surface area (Å²) in [5, 5.41) is 5.36. The summed E-state index contributed by atoms with van der Waals surface area (Å²) in [6, 6.07) is 9.93. The molecule has 24 heavy (non-hydrogen) atoms. The Morgan fingerprint density at radius 2 is 2.08 bits per heavy atom. The van der Waals surface area contributed by atoms with Crippen LogP contribution >= 0.6 is 34.5 Å². The van der Waals surface area contributed by atoms with Crippen molar-refractivity contribution < 1.29 is 4.79 Å². The summed E-state index contributed by atoms with van der Waals surface area (Å²) in [4.78, 5) is 29.4. The van der Waals surface area contributed by atoms with Crippen LogP contribution in [0.1, 0.15) is 0 Å². The van der Waals surface area contributed by atoms with Crippen LogP contribution in [0.4, 0.5) is 5.69 Å². The molecule has 0 bridgehead atoms. The summed E-state index contributed by atoms with van der Waals surface area (Å²) in [6.45, 7) is -0.167. The second-order valence-electron chi connectivity index (χ2n) is 4.89. The van der Waals surface area contributed by atoms with Crippen molar-refractivity contribution >= 4 is 46.1 Å². The van der Waals surface area contributed by atoms with E-state index in [1.807, 2.05) is 17.5 Å². The second kappa shape index (κ2) is 7.17. The summed E-state index contributed by atoms with van der Waals surface area (Å²) in [5.41, 5.74) is 0.677. The van der Waals surface area contributed by atoms with Gasteiger partial charge in [0.1, 0.15) is 6.54 Å². The number of nitrogens with zero attached hydrogens (tertiary/aromatic N) is 2. The van der Waals surface area contributed by atoms with E-state index in [4.69, 9.17) is 23.2 Å². The molecule has 5 nitrogen and oxygen atoms in total. The number of hydrogen-bond donors (Lipinski definition) is 1. The van der Waals surface area contributed by atoms with Gasteiger partial charge in [0.2, 0.25) is 5.91 Å². The molecule has 0 fully saturated rings. The molecule has 2 heterocycles. The first-order chi connectivity index (χ1) is 11.5. The zero-order chi connectivity index (χ0) is 17.1. The average molecular weight is 380 g/mol.